The highest BCUT2D eigenvalue weighted by atomic mass is 32.2. The number of nitrogens with two attached hydrogens (primary N) is 1. The number of sulfone groups is 1. The molecule has 2 fully saturated rings. The number of hydrogen-bond acceptors (Lipinski definition) is 5. The maximum Gasteiger partial charge on any atom is 0.231 e. The molecule has 2 aliphatic rings. The lowest BCUT2D eigenvalue weighted by Crippen LogP contribution is -2.57. The molecule has 2 N–H and O–H groups in total. The van der Waals surface area contributed by atoms with Crippen LogP contribution in [-0.2, 0) is 14.6 Å². The third-order valence-corrected chi connectivity index (χ3v) is 7.14. The maximum atomic E-state index is 12.9. The van der Waals surface area contributed by atoms with Crippen LogP contribution in [0, 0.1) is 5.41 Å². The molecule has 116 valence electrons. The Balaban J connectivity index is 2.24. The molecular formula is C13H24N2O3S2. The van der Waals surface area contributed by atoms with Gasteiger partial charge >= 0.3 is 0 Å². The maximum absolute atomic E-state index is 12.9. The van der Waals surface area contributed by atoms with Crippen molar-refractivity contribution in [1.82, 2.24) is 4.90 Å². The van der Waals surface area contributed by atoms with Gasteiger partial charge in [-0.1, -0.05) is 19.3 Å². The van der Waals surface area contributed by atoms with Gasteiger partial charge in [-0.15, -0.1) is 0 Å². The molecule has 1 aliphatic carbocycles. The summed E-state index contributed by atoms with van der Waals surface area (Å²) < 4.78 is 23.9. The average Bonchev–Trinajstić information content (AvgIpc) is 2.46. The van der Waals surface area contributed by atoms with Crippen molar-refractivity contribution >= 4 is 27.5 Å². The van der Waals surface area contributed by atoms with E-state index < -0.39 is 20.6 Å². The van der Waals surface area contributed by atoms with Gasteiger partial charge in [0.15, 0.2) is 9.84 Å². The molecular weight excluding hydrogens is 296 g/mol. The molecule has 1 amide bonds. The average molecular weight is 320 g/mol. The highest BCUT2D eigenvalue weighted by Gasteiger charge is 2.45. The first-order valence-electron chi connectivity index (χ1n) is 7.18. The minimum absolute atomic E-state index is 0.0320. The summed E-state index contributed by atoms with van der Waals surface area (Å²) in [5.41, 5.74) is 5.37. The van der Waals surface area contributed by atoms with Crippen molar-refractivity contribution in [2.24, 2.45) is 11.1 Å². The minimum atomic E-state index is -3.25. The van der Waals surface area contributed by atoms with Gasteiger partial charge in [0.2, 0.25) is 5.91 Å². The Morgan fingerprint density at radius 2 is 2.00 bits per heavy atom. The van der Waals surface area contributed by atoms with Crippen molar-refractivity contribution in [1.29, 1.82) is 0 Å². The Morgan fingerprint density at radius 3 is 2.55 bits per heavy atom. The minimum Gasteiger partial charge on any atom is -0.329 e. The monoisotopic (exact) mass is 320 g/mol. The Hall–Kier alpha value is -0.270. The third-order valence-electron chi connectivity index (χ3n) is 4.49. The van der Waals surface area contributed by atoms with Crippen LogP contribution >= 0.6 is 11.8 Å². The summed E-state index contributed by atoms with van der Waals surface area (Å²) in [6, 6.07) is 0. The Morgan fingerprint density at radius 1 is 1.35 bits per heavy atom. The molecule has 0 aromatic carbocycles. The smallest absolute Gasteiger partial charge is 0.231 e. The SMILES string of the molecule is CS(=O)(=O)C1CSCCN1C(=O)C1(CN)CCCCC1. The number of amides is 1. The van der Waals surface area contributed by atoms with Gasteiger partial charge in [-0.25, -0.2) is 8.42 Å². The molecule has 1 unspecified atom stereocenters. The fraction of sp³-hybridized carbons (Fsp3) is 0.923. The van der Waals surface area contributed by atoms with Crippen molar-refractivity contribution < 1.29 is 13.2 Å². The van der Waals surface area contributed by atoms with Crippen molar-refractivity contribution in [2.75, 3.05) is 30.9 Å². The number of hydrogen-bond donors (Lipinski definition) is 1. The van der Waals surface area contributed by atoms with Gasteiger partial charge in [-0.05, 0) is 12.8 Å². The summed E-state index contributed by atoms with van der Waals surface area (Å²) >= 11 is 1.60. The molecule has 1 saturated heterocycles. The van der Waals surface area contributed by atoms with E-state index in [0.29, 0.717) is 18.8 Å². The molecule has 5 nitrogen and oxygen atoms in total. The van der Waals surface area contributed by atoms with Crippen LogP contribution < -0.4 is 5.73 Å². The quantitative estimate of drug-likeness (QED) is 0.833. The van der Waals surface area contributed by atoms with E-state index in [2.05, 4.69) is 0 Å². The summed E-state index contributed by atoms with van der Waals surface area (Å²) in [5, 5.41) is -0.681. The molecule has 7 heteroatoms. The van der Waals surface area contributed by atoms with Gasteiger partial charge in [-0.3, -0.25) is 4.79 Å². The fourth-order valence-electron chi connectivity index (χ4n) is 3.21. The first kappa shape index (κ1) is 16.1. The summed E-state index contributed by atoms with van der Waals surface area (Å²) in [6.07, 6.45) is 5.97. The first-order chi connectivity index (χ1) is 9.41. The first-order valence-corrected chi connectivity index (χ1v) is 10.3. The second-order valence-electron chi connectivity index (χ2n) is 5.90. The predicted octanol–water partition coefficient (Wildman–Crippen LogP) is 0.842. The summed E-state index contributed by atoms with van der Waals surface area (Å²) in [6.45, 7) is 0.842. The van der Waals surface area contributed by atoms with E-state index >= 15 is 0 Å². The van der Waals surface area contributed by atoms with Gasteiger partial charge in [0.25, 0.3) is 0 Å². The van der Waals surface area contributed by atoms with Gasteiger partial charge in [0.05, 0.1) is 5.41 Å². The van der Waals surface area contributed by atoms with E-state index in [-0.39, 0.29) is 5.91 Å². The molecule has 1 heterocycles. The van der Waals surface area contributed by atoms with E-state index in [1.54, 1.807) is 16.7 Å². The standard InChI is InChI=1S/C13H24N2O3S2/c1-20(17,18)11-9-19-8-7-15(11)12(16)13(10-14)5-3-2-4-6-13/h11H,2-10,14H2,1H3. The summed E-state index contributed by atoms with van der Waals surface area (Å²) in [5.74, 6) is 1.25. The Labute approximate surface area is 125 Å². The molecule has 1 atom stereocenters. The molecule has 1 saturated carbocycles. The molecule has 0 spiro atoms. The topological polar surface area (TPSA) is 80.5 Å². The molecule has 0 bridgehead atoms. The highest BCUT2D eigenvalue weighted by molar-refractivity contribution is 8.00. The van der Waals surface area contributed by atoms with Gasteiger partial charge in [0, 0.05) is 30.9 Å². The molecule has 0 aromatic rings. The number of thioether (sulfide) groups is 1. The van der Waals surface area contributed by atoms with Crippen LogP contribution in [0.15, 0.2) is 0 Å². The Kier molecular flexibility index (Phi) is 5.02. The highest BCUT2D eigenvalue weighted by Crippen LogP contribution is 2.38. The van der Waals surface area contributed by atoms with E-state index in [1.807, 2.05) is 0 Å². The zero-order chi connectivity index (χ0) is 14.8. The number of nitrogens with zero attached hydrogens (tertiary/aromatic N) is 1. The predicted molar refractivity (Wildman–Crippen MR) is 82.2 cm³/mol. The van der Waals surface area contributed by atoms with E-state index in [4.69, 9.17) is 5.73 Å². The summed E-state index contributed by atoms with van der Waals surface area (Å²) in [4.78, 5) is 14.5. The van der Waals surface area contributed by atoms with Crippen molar-refractivity contribution in [2.45, 2.75) is 37.5 Å². The molecule has 0 radical (unpaired) electrons. The van der Waals surface area contributed by atoms with Crippen molar-refractivity contribution in [3.63, 3.8) is 0 Å². The van der Waals surface area contributed by atoms with Gasteiger partial charge in [0.1, 0.15) is 5.37 Å². The van der Waals surface area contributed by atoms with Crippen molar-refractivity contribution in [3.8, 4) is 0 Å². The molecule has 0 aromatic heterocycles. The second-order valence-corrected chi connectivity index (χ2v) is 9.26. The van der Waals surface area contributed by atoms with E-state index in [1.165, 1.54) is 6.26 Å². The number of rotatable bonds is 3. The zero-order valence-electron chi connectivity index (χ0n) is 12.0. The number of carbonyl (C=O) groups excluding carboxylic acids is 1. The zero-order valence-corrected chi connectivity index (χ0v) is 13.6. The lowest BCUT2D eigenvalue weighted by Gasteiger charge is -2.43. The van der Waals surface area contributed by atoms with Crippen LogP contribution in [0.25, 0.3) is 0 Å². The fourth-order valence-corrected chi connectivity index (χ4v) is 6.02. The third kappa shape index (κ3) is 3.14. The van der Waals surface area contributed by atoms with Crippen LogP contribution in [0.5, 0.6) is 0 Å². The summed E-state index contributed by atoms with van der Waals surface area (Å²) in [7, 11) is -3.25. The Bertz CT molecular complexity index is 458. The number of carbonyl (C=O) groups is 1. The second kappa shape index (κ2) is 6.23. The van der Waals surface area contributed by atoms with Crippen LogP contribution in [0.4, 0.5) is 0 Å². The van der Waals surface area contributed by atoms with Crippen LogP contribution in [0.2, 0.25) is 0 Å². The largest absolute Gasteiger partial charge is 0.329 e. The van der Waals surface area contributed by atoms with Crippen LogP contribution in [0.3, 0.4) is 0 Å². The molecule has 2 rings (SSSR count). The lowest BCUT2D eigenvalue weighted by atomic mass is 9.73. The normalized spacial score (nSPS) is 27.3. The van der Waals surface area contributed by atoms with Crippen LogP contribution in [-0.4, -0.2) is 55.4 Å². The van der Waals surface area contributed by atoms with Crippen molar-refractivity contribution in [3.05, 3.63) is 0 Å². The molecule has 20 heavy (non-hydrogen) atoms. The van der Waals surface area contributed by atoms with Crippen LogP contribution in [0.1, 0.15) is 32.1 Å². The molecule has 1 aliphatic heterocycles. The van der Waals surface area contributed by atoms with Gasteiger partial charge < -0.3 is 10.6 Å². The van der Waals surface area contributed by atoms with E-state index in [0.717, 1.165) is 37.9 Å². The van der Waals surface area contributed by atoms with Gasteiger partial charge in [-0.2, -0.15) is 11.8 Å². The lowest BCUT2D eigenvalue weighted by molar-refractivity contribution is -0.144. The van der Waals surface area contributed by atoms with E-state index in [9.17, 15) is 13.2 Å².